The summed E-state index contributed by atoms with van der Waals surface area (Å²) in [6, 6.07) is 12.8. The van der Waals surface area contributed by atoms with Crippen LogP contribution in [0.25, 0.3) is 0 Å². The largest absolute Gasteiger partial charge is 0.493 e. The third-order valence-corrected chi connectivity index (χ3v) is 7.75. The van der Waals surface area contributed by atoms with Gasteiger partial charge in [-0.3, -0.25) is 4.90 Å². The molecule has 1 aliphatic heterocycles. The number of sulfonamides is 1. The van der Waals surface area contributed by atoms with Crippen molar-refractivity contribution in [3.05, 3.63) is 71.7 Å². The second kappa shape index (κ2) is 10.6. The molecule has 1 fully saturated rings. The van der Waals surface area contributed by atoms with Gasteiger partial charge in [0.15, 0.2) is 0 Å². The van der Waals surface area contributed by atoms with Gasteiger partial charge in [-0.15, -0.1) is 0 Å². The maximum absolute atomic E-state index is 15.3. The van der Waals surface area contributed by atoms with Crippen LogP contribution in [0.15, 0.2) is 64.2 Å². The fourth-order valence-corrected chi connectivity index (χ4v) is 5.58. The van der Waals surface area contributed by atoms with Gasteiger partial charge in [0.05, 0.1) is 0 Å². The lowest BCUT2D eigenvalue weighted by Gasteiger charge is -2.29. The van der Waals surface area contributed by atoms with E-state index in [0.717, 1.165) is 49.5 Å². The predicted molar refractivity (Wildman–Crippen MR) is 128 cm³/mol. The Hall–Kier alpha value is -3.65. The van der Waals surface area contributed by atoms with Crippen molar-refractivity contribution in [3.63, 3.8) is 0 Å². The number of hydrogen-bond acceptors (Lipinski definition) is 8. The molecule has 1 aliphatic rings. The highest BCUT2D eigenvalue weighted by molar-refractivity contribution is 7.92. The van der Waals surface area contributed by atoms with Crippen LogP contribution in [0.4, 0.5) is 29.1 Å². The summed E-state index contributed by atoms with van der Waals surface area (Å²) in [5.74, 6) is -4.88. The second-order valence-corrected chi connectivity index (χ2v) is 10.5. The number of aryl methyl sites for hydroxylation is 1. The summed E-state index contributed by atoms with van der Waals surface area (Å²) in [5.41, 5.74) is 1.92. The number of nitrogens with zero attached hydrogens (tertiary/aromatic N) is 4. The standard InChI is InChI=1S/C24H24F4N4O5S/c1-16-12-21(38(34,35)32(22-9-11-36-29-22)37-23(33)24(26,27)28)19(25)13-20(16)30(2)18-8-10-31(15-18)14-17-6-4-3-5-7-17/h3-7,9,11-13,18H,8,10,14-15H2,1-2H3/t18-/m0/s1. The van der Waals surface area contributed by atoms with E-state index < -0.39 is 43.2 Å². The Labute approximate surface area is 216 Å². The maximum atomic E-state index is 15.3. The number of halogens is 4. The van der Waals surface area contributed by atoms with Crippen LogP contribution in [0.5, 0.6) is 0 Å². The number of likely N-dealkylation sites (N-methyl/N-ethyl adjacent to an activating group) is 1. The maximum Gasteiger partial charge on any atom is 0.493 e. The molecule has 0 unspecified atom stereocenters. The van der Waals surface area contributed by atoms with E-state index in [1.807, 2.05) is 35.2 Å². The van der Waals surface area contributed by atoms with Crippen molar-refractivity contribution in [2.24, 2.45) is 0 Å². The highest BCUT2D eigenvalue weighted by Crippen LogP contribution is 2.33. The normalized spacial score (nSPS) is 16.4. The summed E-state index contributed by atoms with van der Waals surface area (Å²) in [6.07, 6.45) is -3.88. The number of rotatable bonds is 8. The number of carbonyl (C=O) groups excluding carboxylic acids is 1. The van der Waals surface area contributed by atoms with Gasteiger partial charge in [-0.1, -0.05) is 40.0 Å². The number of anilines is 2. The lowest BCUT2D eigenvalue weighted by molar-refractivity contribution is -0.199. The van der Waals surface area contributed by atoms with E-state index in [4.69, 9.17) is 0 Å². The van der Waals surface area contributed by atoms with Crippen LogP contribution in [0.2, 0.25) is 0 Å². The molecule has 0 amide bonds. The number of hydrogen-bond donors (Lipinski definition) is 0. The highest BCUT2D eigenvalue weighted by Gasteiger charge is 2.46. The SMILES string of the molecule is Cc1cc(S(=O)(=O)N(OC(=O)C(F)(F)F)c2ccon2)c(F)cc1N(C)[C@H]1CCN(Cc2ccccc2)C1. The van der Waals surface area contributed by atoms with Crippen LogP contribution in [-0.4, -0.2) is 56.8 Å². The summed E-state index contributed by atoms with van der Waals surface area (Å²) in [6.45, 7) is 3.81. The molecule has 2 aromatic carbocycles. The molecule has 204 valence electrons. The molecule has 0 aliphatic carbocycles. The van der Waals surface area contributed by atoms with Crippen LogP contribution >= 0.6 is 0 Å². The van der Waals surface area contributed by atoms with Gasteiger partial charge in [-0.25, -0.2) is 9.18 Å². The zero-order valence-electron chi connectivity index (χ0n) is 20.4. The van der Waals surface area contributed by atoms with Crippen LogP contribution in [0, 0.1) is 12.7 Å². The van der Waals surface area contributed by atoms with Gasteiger partial charge in [0.25, 0.3) is 10.0 Å². The van der Waals surface area contributed by atoms with Crippen LogP contribution in [0.1, 0.15) is 17.5 Å². The molecule has 1 atom stereocenters. The Bertz CT molecular complexity index is 1380. The monoisotopic (exact) mass is 556 g/mol. The molecule has 38 heavy (non-hydrogen) atoms. The van der Waals surface area contributed by atoms with Gasteiger partial charge in [0.1, 0.15) is 17.0 Å². The van der Waals surface area contributed by atoms with E-state index in [2.05, 4.69) is 19.4 Å². The van der Waals surface area contributed by atoms with Crippen molar-refractivity contribution in [3.8, 4) is 0 Å². The fourth-order valence-electron chi connectivity index (χ4n) is 4.27. The smallest absolute Gasteiger partial charge is 0.370 e. The number of alkyl halides is 3. The van der Waals surface area contributed by atoms with Crippen molar-refractivity contribution in [2.45, 2.75) is 37.0 Å². The molecule has 0 bridgehead atoms. The first-order valence-corrected chi connectivity index (χ1v) is 12.9. The molecule has 0 radical (unpaired) electrons. The quantitative estimate of drug-likeness (QED) is 0.303. The highest BCUT2D eigenvalue weighted by atomic mass is 32.2. The predicted octanol–water partition coefficient (Wildman–Crippen LogP) is 4.05. The van der Waals surface area contributed by atoms with Gasteiger partial charge < -0.3 is 14.3 Å². The molecule has 9 nitrogen and oxygen atoms in total. The molecule has 14 heteroatoms. The average Bonchev–Trinajstić information content (AvgIpc) is 3.55. The van der Waals surface area contributed by atoms with E-state index in [-0.39, 0.29) is 6.04 Å². The molecule has 1 saturated heterocycles. The Morgan fingerprint density at radius 3 is 2.55 bits per heavy atom. The van der Waals surface area contributed by atoms with Gasteiger partial charge in [-0.05, 0) is 36.6 Å². The first-order chi connectivity index (χ1) is 17.9. The summed E-state index contributed by atoms with van der Waals surface area (Å²) in [4.78, 5) is 18.6. The third kappa shape index (κ3) is 5.75. The molecular weight excluding hydrogens is 532 g/mol. The Balaban J connectivity index is 1.57. The Morgan fingerprint density at radius 2 is 1.92 bits per heavy atom. The minimum absolute atomic E-state index is 0.0126. The Kier molecular flexibility index (Phi) is 7.65. The zero-order chi connectivity index (χ0) is 27.7. The molecular formula is C24H24F4N4O5S. The topological polar surface area (TPSA) is 96.2 Å². The number of carbonyl (C=O) groups is 1. The van der Waals surface area contributed by atoms with E-state index in [9.17, 15) is 26.4 Å². The number of likely N-dealkylation sites (tertiary alicyclic amines) is 1. The third-order valence-electron chi connectivity index (χ3n) is 6.18. The van der Waals surface area contributed by atoms with Gasteiger partial charge in [0.2, 0.25) is 5.82 Å². The van der Waals surface area contributed by atoms with Gasteiger partial charge in [-0.2, -0.15) is 21.6 Å². The zero-order valence-corrected chi connectivity index (χ0v) is 21.2. The molecule has 2 heterocycles. The van der Waals surface area contributed by atoms with E-state index >= 15 is 4.39 Å². The summed E-state index contributed by atoms with van der Waals surface area (Å²) >= 11 is 0. The lowest BCUT2D eigenvalue weighted by atomic mass is 10.1. The molecule has 4 rings (SSSR count). The number of benzene rings is 2. The van der Waals surface area contributed by atoms with Gasteiger partial charge in [0, 0.05) is 44.5 Å². The van der Waals surface area contributed by atoms with E-state index in [0.29, 0.717) is 17.8 Å². The van der Waals surface area contributed by atoms with Crippen molar-refractivity contribution < 1.29 is 40.1 Å². The minimum Gasteiger partial charge on any atom is -0.370 e. The first-order valence-electron chi connectivity index (χ1n) is 11.4. The molecule has 0 N–H and O–H groups in total. The summed E-state index contributed by atoms with van der Waals surface area (Å²) < 4.78 is 84.0. The molecule has 3 aromatic rings. The average molecular weight is 557 g/mol. The molecule has 0 spiro atoms. The first kappa shape index (κ1) is 27.4. The fraction of sp³-hybridized carbons (Fsp3) is 0.333. The van der Waals surface area contributed by atoms with Crippen LogP contribution < -0.4 is 9.37 Å². The van der Waals surface area contributed by atoms with Gasteiger partial charge >= 0.3 is 12.1 Å². The van der Waals surface area contributed by atoms with E-state index in [1.54, 1.807) is 14.0 Å². The van der Waals surface area contributed by atoms with Crippen molar-refractivity contribution in [1.82, 2.24) is 10.1 Å². The summed E-state index contributed by atoms with van der Waals surface area (Å²) in [7, 11) is -3.41. The minimum atomic E-state index is -5.52. The van der Waals surface area contributed by atoms with E-state index in [1.165, 1.54) is 0 Å². The molecule has 1 aromatic heterocycles. The summed E-state index contributed by atoms with van der Waals surface area (Å²) in [5, 5.41) is 3.22. The van der Waals surface area contributed by atoms with Crippen LogP contribution in [-0.2, 0) is 26.2 Å². The van der Waals surface area contributed by atoms with Crippen molar-refractivity contribution in [1.29, 1.82) is 0 Å². The number of aromatic nitrogens is 1. The van der Waals surface area contributed by atoms with Crippen LogP contribution in [0.3, 0.4) is 0 Å². The van der Waals surface area contributed by atoms with Crippen molar-refractivity contribution >= 4 is 27.5 Å². The second-order valence-electron chi connectivity index (χ2n) is 8.81. The van der Waals surface area contributed by atoms with Crippen molar-refractivity contribution in [2.75, 3.05) is 29.5 Å². The Morgan fingerprint density at radius 1 is 1.21 bits per heavy atom. The lowest BCUT2D eigenvalue weighted by Crippen LogP contribution is -2.39. The molecule has 0 saturated carbocycles.